The molecule has 1 fully saturated rings. The van der Waals surface area contributed by atoms with Gasteiger partial charge in [-0.25, -0.2) is 0 Å². The summed E-state index contributed by atoms with van der Waals surface area (Å²) < 4.78 is 5.37. The topological polar surface area (TPSA) is 44.0 Å². The van der Waals surface area contributed by atoms with E-state index < -0.39 is 0 Å². The Labute approximate surface area is 155 Å². The van der Waals surface area contributed by atoms with E-state index in [1.165, 1.54) is 6.42 Å². The van der Waals surface area contributed by atoms with E-state index in [9.17, 15) is 0 Å². The lowest BCUT2D eigenvalue weighted by molar-refractivity contribution is 0.259. The molecular weight excluding hydrogens is 403 g/mol. The van der Waals surface area contributed by atoms with E-state index in [0.717, 1.165) is 57.4 Å². The molecule has 0 aliphatic carbocycles. The average molecular weight is 430 g/mol. The first kappa shape index (κ1) is 18.3. The van der Waals surface area contributed by atoms with Crippen LogP contribution in [-0.4, -0.2) is 61.1 Å². The van der Waals surface area contributed by atoms with Gasteiger partial charge in [-0.05, 0) is 25.5 Å². The Morgan fingerprint density at radius 3 is 2.91 bits per heavy atom. The molecule has 1 aromatic rings. The van der Waals surface area contributed by atoms with E-state index in [4.69, 9.17) is 9.41 Å². The van der Waals surface area contributed by atoms with Gasteiger partial charge >= 0.3 is 0 Å². The van der Waals surface area contributed by atoms with Crippen LogP contribution in [0.25, 0.3) is 0 Å². The third kappa shape index (κ3) is 4.97. The van der Waals surface area contributed by atoms with E-state index >= 15 is 0 Å². The first-order chi connectivity index (χ1) is 10.9. The number of furan rings is 1. The van der Waals surface area contributed by atoms with Gasteiger partial charge in [0.15, 0.2) is 5.96 Å². The van der Waals surface area contributed by atoms with Crippen LogP contribution in [-0.2, 0) is 6.42 Å². The molecule has 0 bridgehead atoms. The lowest BCUT2D eigenvalue weighted by Crippen LogP contribution is -2.43. The molecule has 1 saturated heterocycles. The number of nitrogens with one attached hydrogen (secondary N) is 1. The number of rotatable bonds is 5. The fourth-order valence-electron chi connectivity index (χ4n) is 3.18. The molecule has 0 amide bonds. The minimum atomic E-state index is 0. The number of guanidine groups is 1. The van der Waals surface area contributed by atoms with Gasteiger partial charge in [0, 0.05) is 51.7 Å². The van der Waals surface area contributed by atoms with Crippen molar-refractivity contribution in [3.05, 3.63) is 36.3 Å². The molecule has 1 unspecified atom stereocenters. The third-order valence-corrected chi connectivity index (χ3v) is 4.36. The highest BCUT2D eigenvalue weighted by Gasteiger charge is 2.29. The highest BCUT2D eigenvalue weighted by molar-refractivity contribution is 14.0. The second kappa shape index (κ2) is 9.32. The summed E-state index contributed by atoms with van der Waals surface area (Å²) in [4.78, 5) is 9.71. The van der Waals surface area contributed by atoms with Gasteiger partial charge in [0.2, 0.25) is 0 Å². The Hall–Kier alpha value is -1.02. The SMILES string of the molecule is CCNC(=NCCc1ccco1)N1CCC(N2CC=CC2)C1.I. The summed E-state index contributed by atoms with van der Waals surface area (Å²) >= 11 is 0. The summed E-state index contributed by atoms with van der Waals surface area (Å²) in [5, 5.41) is 3.43. The van der Waals surface area contributed by atoms with Crippen LogP contribution >= 0.6 is 24.0 Å². The summed E-state index contributed by atoms with van der Waals surface area (Å²) in [5.74, 6) is 2.05. The van der Waals surface area contributed by atoms with Gasteiger partial charge in [-0.1, -0.05) is 12.2 Å². The first-order valence-corrected chi connectivity index (χ1v) is 8.31. The number of nitrogens with zero attached hydrogens (tertiary/aromatic N) is 3. The Balaban J connectivity index is 0.00000192. The van der Waals surface area contributed by atoms with Crippen LogP contribution in [0.2, 0.25) is 0 Å². The molecule has 23 heavy (non-hydrogen) atoms. The number of halogens is 1. The van der Waals surface area contributed by atoms with E-state index in [0.29, 0.717) is 6.04 Å². The highest BCUT2D eigenvalue weighted by atomic mass is 127. The number of hydrogen-bond acceptors (Lipinski definition) is 3. The van der Waals surface area contributed by atoms with E-state index in [-0.39, 0.29) is 24.0 Å². The molecule has 2 aliphatic heterocycles. The van der Waals surface area contributed by atoms with Crippen LogP contribution in [0.15, 0.2) is 40.0 Å². The molecule has 128 valence electrons. The van der Waals surface area contributed by atoms with Crippen LogP contribution in [0.1, 0.15) is 19.1 Å². The van der Waals surface area contributed by atoms with Crippen molar-refractivity contribution >= 4 is 29.9 Å². The largest absolute Gasteiger partial charge is 0.469 e. The summed E-state index contributed by atoms with van der Waals surface area (Å²) in [6.45, 7) is 8.17. The standard InChI is InChI=1S/C17H26N4O.HI/c1-2-18-17(19-9-7-16-6-5-13-22-16)21-12-8-15(14-21)20-10-3-4-11-20;/h3-6,13,15H,2,7-12,14H2,1H3,(H,18,19);1H. The molecule has 6 heteroatoms. The van der Waals surface area contributed by atoms with Crippen molar-refractivity contribution in [2.24, 2.45) is 4.99 Å². The van der Waals surface area contributed by atoms with Crippen LogP contribution in [0.5, 0.6) is 0 Å². The lowest BCUT2D eigenvalue weighted by Gasteiger charge is -2.25. The molecule has 1 N–H and O–H groups in total. The van der Waals surface area contributed by atoms with Gasteiger partial charge < -0.3 is 14.6 Å². The summed E-state index contributed by atoms with van der Waals surface area (Å²) in [7, 11) is 0. The zero-order chi connectivity index (χ0) is 15.2. The van der Waals surface area contributed by atoms with Gasteiger partial charge in [-0.15, -0.1) is 24.0 Å². The van der Waals surface area contributed by atoms with Crippen molar-refractivity contribution in [2.75, 3.05) is 39.3 Å². The van der Waals surface area contributed by atoms with Gasteiger partial charge in [0.05, 0.1) is 6.26 Å². The fourth-order valence-corrected chi connectivity index (χ4v) is 3.18. The van der Waals surface area contributed by atoms with Gasteiger partial charge in [0.25, 0.3) is 0 Å². The molecular formula is C17H27IN4O. The van der Waals surface area contributed by atoms with Gasteiger partial charge in [0.1, 0.15) is 5.76 Å². The average Bonchev–Trinajstić information content (AvgIpc) is 3.27. The first-order valence-electron chi connectivity index (χ1n) is 8.31. The summed E-state index contributed by atoms with van der Waals surface area (Å²) in [6.07, 6.45) is 8.34. The minimum Gasteiger partial charge on any atom is -0.469 e. The Morgan fingerprint density at radius 2 is 2.22 bits per heavy atom. The van der Waals surface area contributed by atoms with E-state index in [2.05, 4.69) is 34.2 Å². The van der Waals surface area contributed by atoms with Crippen LogP contribution in [0, 0.1) is 0 Å². The lowest BCUT2D eigenvalue weighted by atomic mass is 10.2. The van der Waals surface area contributed by atoms with Gasteiger partial charge in [-0.3, -0.25) is 9.89 Å². The quantitative estimate of drug-likeness (QED) is 0.337. The molecule has 2 aliphatic rings. The molecule has 3 heterocycles. The van der Waals surface area contributed by atoms with E-state index in [1.807, 2.05) is 12.1 Å². The molecule has 0 saturated carbocycles. The summed E-state index contributed by atoms with van der Waals surface area (Å²) in [6, 6.07) is 4.60. The molecule has 0 spiro atoms. The molecule has 5 nitrogen and oxygen atoms in total. The molecule has 1 aromatic heterocycles. The minimum absolute atomic E-state index is 0. The van der Waals surface area contributed by atoms with Crippen molar-refractivity contribution in [1.29, 1.82) is 0 Å². The maximum absolute atomic E-state index is 5.37. The van der Waals surface area contributed by atoms with Crippen molar-refractivity contribution < 1.29 is 4.42 Å². The van der Waals surface area contributed by atoms with E-state index in [1.54, 1.807) is 6.26 Å². The molecule has 0 aromatic carbocycles. The smallest absolute Gasteiger partial charge is 0.193 e. The van der Waals surface area contributed by atoms with Crippen molar-refractivity contribution in [3.8, 4) is 0 Å². The predicted molar refractivity (Wildman–Crippen MR) is 104 cm³/mol. The number of likely N-dealkylation sites (tertiary alicyclic amines) is 1. The maximum atomic E-state index is 5.37. The number of hydrogen-bond donors (Lipinski definition) is 1. The monoisotopic (exact) mass is 430 g/mol. The normalized spacial score (nSPS) is 21.7. The Morgan fingerprint density at radius 1 is 1.39 bits per heavy atom. The molecule has 3 rings (SSSR count). The number of aliphatic imine (C=N–C) groups is 1. The van der Waals surface area contributed by atoms with Crippen LogP contribution < -0.4 is 5.32 Å². The zero-order valence-electron chi connectivity index (χ0n) is 13.8. The predicted octanol–water partition coefficient (Wildman–Crippen LogP) is 2.35. The second-order valence-corrected chi connectivity index (χ2v) is 5.88. The molecule has 1 atom stereocenters. The maximum Gasteiger partial charge on any atom is 0.193 e. The second-order valence-electron chi connectivity index (χ2n) is 5.88. The fraction of sp³-hybridized carbons (Fsp3) is 0.588. The van der Waals surface area contributed by atoms with Crippen LogP contribution in [0.3, 0.4) is 0 Å². The van der Waals surface area contributed by atoms with Crippen molar-refractivity contribution in [2.45, 2.75) is 25.8 Å². The third-order valence-electron chi connectivity index (χ3n) is 4.36. The van der Waals surface area contributed by atoms with Gasteiger partial charge in [-0.2, -0.15) is 0 Å². The van der Waals surface area contributed by atoms with Crippen molar-refractivity contribution in [1.82, 2.24) is 15.1 Å². The van der Waals surface area contributed by atoms with Crippen molar-refractivity contribution in [3.63, 3.8) is 0 Å². The zero-order valence-corrected chi connectivity index (χ0v) is 16.1. The Bertz CT molecular complexity index is 507. The van der Waals surface area contributed by atoms with Crippen LogP contribution in [0.4, 0.5) is 0 Å². The molecule has 0 radical (unpaired) electrons. The Kier molecular flexibility index (Phi) is 7.42. The highest BCUT2D eigenvalue weighted by Crippen LogP contribution is 2.18. The summed E-state index contributed by atoms with van der Waals surface area (Å²) in [5.41, 5.74) is 0.